The van der Waals surface area contributed by atoms with E-state index in [2.05, 4.69) is 5.32 Å². The SMILES string of the molecule is CC(=O)/C=C\C(C)=O.NCCNC(=O)C1CCCC(CN)C1. The number of hydrogen-bond donors (Lipinski definition) is 3. The van der Waals surface area contributed by atoms with Crippen molar-refractivity contribution < 1.29 is 14.4 Å². The van der Waals surface area contributed by atoms with Crippen molar-refractivity contribution in [3.8, 4) is 0 Å². The van der Waals surface area contributed by atoms with Gasteiger partial charge in [-0.25, -0.2) is 0 Å². The highest BCUT2D eigenvalue weighted by Gasteiger charge is 2.25. The Morgan fingerprint density at radius 1 is 1.09 bits per heavy atom. The van der Waals surface area contributed by atoms with E-state index in [0.717, 1.165) is 19.3 Å². The molecule has 0 aromatic rings. The second-order valence-electron chi connectivity index (χ2n) is 5.60. The molecule has 0 aliphatic heterocycles. The number of ketones is 2. The molecule has 0 saturated heterocycles. The summed E-state index contributed by atoms with van der Waals surface area (Å²) in [6.07, 6.45) is 6.77. The number of nitrogens with two attached hydrogens (primary N) is 2. The van der Waals surface area contributed by atoms with Gasteiger partial charge in [-0.15, -0.1) is 0 Å². The quantitative estimate of drug-likeness (QED) is 0.619. The fourth-order valence-electron chi connectivity index (χ4n) is 2.32. The molecule has 126 valence electrons. The first-order chi connectivity index (χ1) is 10.4. The lowest BCUT2D eigenvalue weighted by Gasteiger charge is -2.27. The molecule has 0 radical (unpaired) electrons. The van der Waals surface area contributed by atoms with Crippen LogP contribution in [0, 0.1) is 11.8 Å². The molecule has 6 heteroatoms. The summed E-state index contributed by atoms with van der Waals surface area (Å²) >= 11 is 0. The molecule has 2 atom stereocenters. The van der Waals surface area contributed by atoms with E-state index in [0.29, 0.717) is 25.6 Å². The molecule has 5 N–H and O–H groups in total. The molecule has 0 aromatic carbocycles. The number of rotatable bonds is 6. The van der Waals surface area contributed by atoms with E-state index >= 15 is 0 Å². The van der Waals surface area contributed by atoms with Crippen molar-refractivity contribution in [1.82, 2.24) is 5.32 Å². The van der Waals surface area contributed by atoms with Crippen LogP contribution in [0.4, 0.5) is 0 Å². The topological polar surface area (TPSA) is 115 Å². The van der Waals surface area contributed by atoms with Crippen molar-refractivity contribution in [2.24, 2.45) is 23.3 Å². The van der Waals surface area contributed by atoms with Gasteiger partial charge < -0.3 is 16.8 Å². The van der Waals surface area contributed by atoms with Crippen LogP contribution in [0.5, 0.6) is 0 Å². The maximum atomic E-state index is 11.6. The zero-order valence-corrected chi connectivity index (χ0v) is 13.6. The van der Waals surface area contributed by atoms with E-state index in [-0.39, 0.29) is 23.4 Å². The molecule has 0 heterocycles. The van der Waals surface area contributed by atoms with Crippen LogP contribution in [-0.2, 0) is 14.4 Å². The minimum absolute atomic E-state index is 0.0970. The van der Waals surface area contributed by atoms with Crippen LogP contribution in [0.2, 0.25) is 0 Å². The monoisotopic (exact) mass is 311 g/mol. The predicted molar refractivity (Wildman–Crippen MR) is 87.1 cm³/mol. The first-order valence-corrected chi connectivity index (χ1v) is 7.77. The molecule has 1 aliphatic rings. The van der Waals surface area contributed by atoms with Crippen molar-refractivity contribution in [2.75, 3.05) is 19.6 Å². The Balaban J connectivity index is 0.000000472. The highest BCUT2D eigenvalue weighted by Crippen LogP contribution is 2.28. The molecular weight excluding hydrogens is 282 g/mol. The molecule has 1 aliphatic carbocycles. The molecule has 2 unspecified atom stereocenters. The first kappa shape index (κ1) is 20.5. The molecule has 1 rings (SSSR count). The summed E-state index contributed by atoms with van der Waals surface area (Å²) in [5.41, 5.74) is 10.9. The van der Waals surface area contributed by atoms with Crippen LogP contribution in [0.15, 0.2) is 12.2 Å². The summed E-state index contributed by atoms with van der Waals surface area (Å²) in [6, 6.07) is 0. The van der Waals surface area contributed by atoms with Gasteiger partial charge >= 0.3 is 0 Å². The van der Waals surface area contributed by atoms with Crippen LogP contribution < -0.4 is 16.8 Å². The third-order valence-electron chi connectivity index (χ3n) is 3.48. The Hall–Kier alpha value is -1.53. The van der Waals surface area contributed by atoms with Crippen LogP contribution >= 0.6 is 0 Å². The molecule has 0 aromatic heterocycles. The van der Waals surface area contributed by atoms with Gasteiger partial charge in [0.05, 0.1) is 0 Å². The average Bonchev–Trinajstić information content (AvgIpc) is 2.51. The molecule has 1 amide bonds. The Morgan fingerprint density at radius 2 is 1.68 bits per heavy atom. The predicted octanol–water partition coefficient (Wildman–Crippen LogP) is 0.547. The van der Waals surface area contributed by atoms with Crippen molar-refractivity contribution in [3.63, 3.8) is 0 Å². The second-order valence-corrected chi connectivity index (χ2v) is 5.60. The minimum atomic E-state index is -0.0970. The normalized spacial score (nSPS) is 20.9. The number of nitrogens with one attached hydrogen (secondary N) is 1. The third-order valence-corrected chi connectivity index (χ3v) is 3.48. The molecule has 6 nitrogen and oxygen atoms in total. The van der Waals surface area contributed by atoms with Gasteiger partial charge in [-0.2, -0.15) is 0 Å². The maximum Gasteiger partial charge on any atom is 0.223 e. The fourth-order valence-corrected chi connectivity index (χ4v) is 2.32. The minimum Gasteiger partial charge on any atom is -0.355 e. The van der Waals surface area contributed by atoms with E-state index in [1.54, 1.807) is 0 Å². The lowest BCUT2D eigenvalue weighted by molar-refractivity contribution is -0.126. The number of hydrogen-bond acceptors (Lipinski definition) is 5. The van der Waals surface area contributed by atoms with Crippen molar-refractivity contribution in [1.29, 1.82) is 0 Å². The maximum absolute atomic E-state index is 11.6. The average molecular weight is 311 g/mol. The molecular formula is C16H29N3O3. The van der Waals surface area contributed by atoms with Gasteiger partial charge in [-0.1, -0.05) is 6.42 Å². The summed E-state index contributed by atoms with van der Waals surface area (Å²) in [5, 5.41) is 2.84. The van der Waals surface area contributed by atoms with E-state index in [1.165, 1.54) is 32.4 Å². The summed E-state index contributed by atoms with van der Waals surface area (Å²) in [4.78, 5) is 31.8. The van der Waals surface area contributed by atoms with Gasteiger partial charge in [0.25, 0.3) is 0 Å². The number of allylic oxidation sites excluding steroid dienone is 2. The standard InChI is InChI=1S/C10H21N3O.C6H8O2/c11-4-5-13-10(14)9-3-1-2-8(6-9)7-12;1-5(7)3-4-6(2)8/h8-9H,1-7,11-12H2,(H,13,14);3-4H,1-2H3/b;4-3-. The summed E-state index contributed by atoms with van der Waals surface area (Å²) in [6.45, 7) is 4.61. The molecule has 0 bridgehead atoms. The van der Waals surface area contributed by atoms with Crippen molar-refractivity contribution >= 4 is 17.5 Å². The summed E-state index contributed by atoms with van der Waals surface area (Å²) in [7, 11) is 0. The van der Waals surface area contributed by atoms with E-state index in [9.17, 15) is 14.4 Å². The van der Waals surface area contributed by atoms with E-state index in [4.69, 9.17) is 11.5 Å². The number of carbonyl (C=O) groups excluding carboxylic acids is 3. The molecule has 22 heavy (non-hydrogen) atoms. The van der Waals surface area contributed by atoms with Gasteiger partial charge in [0.15, 0.2) is 11.6 Å². The van der Waals surface area contributed by atoms with E-state index in [1.807, 2.05) is 0 Å². The highest BCUT2D eigenvalue weighted by atomic mass is 16.2. The first-order valence-electron chi connectivity index (χ1n) is 7.77. The Bertz CT molecular complexity index is 378. The van der Waals surface area contributed by atoms with Gasteiger partial charge in [0.1, 0.15) is 0 Å². The fraction of sp³-hybridized carbons (Fsp3) is 0.688. The van der Waals surface area contributed by atoms with E-state index < -0.39 is 0 Å². The van der Waals surface area contributed by atoms with Crippen LogP contribution in [0.25, 0.3) is 0 Å². The van der Waals surface area contributed by atoms with Gasteiger partial charge in [0, 0.05) is 19.0 Å². The van der Waals surface area contributed by atoms with Gasteiger partial charge in [-0.3, -0.25) is 14.4 Å². The Morgan fingerprint density at radius 3 is 2.14 bits per heavy atom. The Labute approximate surface area is 132 Å². The van der Waals surface area contributed by atoms with Gasteiger partial charge in [0.2, 0.25) is 5.91 Å². The largest absolute Gasteiger partial charge is 0.355 e. The zero-order valence-electron chi connectivity index (χ0n) is 13.6. The lowest BCUT2D eigenvalue weighted by Crippen LogP contribution is -2.37. The van der Waals surface area contributed by atoms with Crippen LogP contribution in [0.3, 0.4) is 0 Å². The third kappa shape index (κ3) is 10.2. The number of amides is 1. The summed E-state index contributed by atoms with van der Waals surface area (Å²) < 4.78 is 0. The second kappa shape index (κ2) is 12.1. The molecule has 1 fully saturated rings. The van der Waals surface area contributed by atoms with Crippen molar-refractivity contribution in [2.45, 2.75) is 39.5 Å². The summed E-state index contributed by atoms with van der Waals surface area (Å²) in [5.74, 6) is 0.676. The highest BCUT2D eigenvalue weighted by molar-refractivity contribution is 5.96. The van der Waals surface area contributed by atoms with Gasteiger partial charge in [-0.05, 0) is 57.7 Å². The molecule has 0 spiro atoms. The van der Waals surface area contributed by atoms with Crippen LogP contribution in [0.1, 0.15) is 39.5 Å². The number of carbonyl (C=O) groups is 3. The smallest absolute Gasteiger partial charge is 0.223 e. The van der Waals surface area contributed by atoms with Crippen LogP contribution in [-0.4, -0.2) is 37.1 Å². The Kier molecular flexibility index (Phi) is 11.2. The molecule has 1 saturated carbocycles. The zero-order chi connectivity index (χ0) is 17.0. The lowest BCUT2D eigenvalue weighted by atomic mass is 9.81. The van der Waals surface area contributed by atoms with Crippen molar-refractivity contribution in [3.05, 3.63) is 12.2 Å².